The molecule has 0 amide bonds. The normalized spacial score (nSPS) is 19.7. The smallest absolute Gasteiger partial charge is 0.307 e. The minimum atomic E-state index is -0.392. The Morgan fingerprint density at radius 3 is 2.11 bits per heavy atom. The number of nitrogens with one attached hydrogen (secondary N) is 1. The fourth-order valence-corrected chi connectivity index (χ4v) is 5.02. The van der Waals surface area contributed by atoms with E-state index in [-0.39, 0.29) is 5.69 Å². The van der Waals surface area contributed by atoms with Crippen molar-refractivity contribution in [2.45, 2.75) is 90.1 Å². The Morgan fingerprint density at radius 1 is 0.889 bits per heavy atom. The van der Waals surface area contributed by atoms with E-state index in [0.29, 0.717) is 23.6 Å². The molecule has 0 aliphatic heterocycles. The van der Waals surface area contributed by atoms with Gasteiger partial charge in [0, 0.05) is 13.1 Å². The van der Waals surface area contributed by atoms with Gasteiger partial charge in [-0.1, -0.05) is 64.2 Å². The van der Waals surface area contributed by atoms with Crippen LogP contribution in [0.25, 0.3) is 11.2 Å². The van der Waals surface area contributed by atoms with Crippen LogP contribution in [-0.4, -0.2) is 19.1 Å². The second kappa shape index (κ2) is 8.44. The second-order valence-corrected chi connectivity index (χ2v) is 8.53. The molecule has 0 spiro atoms. The highest BCUT2D eigenvalue weighted by Gasteiger charge is 2.19. The lowest BCUT2D eigenvalue weighted by Crippen LogP contribution is -2.32. The molecule has 147 valence electrons. The molecule has 1 N–H and O–H groups in total. The van der Waals surface area contributed by atoms with Crippen molar-refractivity contribution in [2.24, 2.45) is 11.8 Å². The summed E-state index contributed by atoms with van der Waals surface area (Å²) in [4.78, 5) is 31.4. The van der Waals surface area contributed by atoms with Crippen molar-refractivity contribution in [3.05, 3.63) is 27.2 Å². The van der Waals surface area contributed by atoms with Gasteiger partial charge >= 0.3 is 5.69 Å². The van der Waals surface area contributed by atoms with E-state index in [9.17, 15) is 9.59 Å². The van der Waals surface area contributed by atoms with E-state index >= 15 is 0 Å². The minimum Gasteiger partial charge on any atom is -0.307 e. The van der Waals surface area contributed by atoms with Gasteiger partial charge in [-0.2, -0.15) is 0 Å². The van der Waals surface area contributed by atoms with Crippen LogP contribution in [-0.2, 0) is 13.1 Å². The number of hydrogen-bond donors (Lipinski definition) is 1. The Morgan fingerprint density at radius 2 is 1.48 bits per heavy atom. The van der Waals surface area contributed by atoms with Crippen molar-refractivity contribution >= 4 is 11.2 Å². The number of H-pyrrole nitrogens is 1. The maximum atomic E-state index is 12.5. The summed E-state index contributed by atoms with van der Waals surface area (Å²) in [6.07, 6.45) is 18.1. The van der Waals surface area contributed by atoms with E-state index in [2.05, 4.69) is 16.3 Å². The highest BCUT2D eigenvalue weighted by atomic mass is 16.2. The third-order valence-electron chi connectivity index (χ3n) is 6.66. The fourth-order valence-electron chi connectivity index (χ4n) is 5.02. The first-order valence-electron chi connectivity index (χ1n) is 10.8. The topological polar surface area (TPSA) is 72.7 Å². The van der Waals surface area contributed by atoms with Gasteiger partial charge in [0.05, 0.1) is 0 Å². The molecule has 2 fully saturated rings. The Balaban J connectivity index is 1.56. The molecule has 2 aromatic heterocycles. The van der Waals surface area contributed by atoms with Gasteiger partial charge in [-0.3, -0.25) is 14.3 Å². The zero-order chi connectivity index (χ0) is 18.6. The van der Waals surface area contributed by atoms with Crippen molar-refractivity contribution < 1.29 is 0 Å². The molecule has 4 rings (SSSR count). The van der Waals surface area contributed by atoms with Crippen LogP contribution in [0.3, 0.4) is 0 Å². The number of hydrogen-bond acceptors (Lipinski definition) is 3. The zero-order valence-electron chi connectivity index (χ0n) is 16.2. The third-order valence-corrected chi connectivity index (χ3v) is 6.66. The molecular weight excluding hydrogens is 340 g/mol. The number of aromatic amines is 1. The van der Waals surface area contributed by atoms with Gasteiger partial charge in [-0.25, -0.2) is 9.78 Å². The Bertz CT molecular complexity index is 866. The maximum Gasteiger partial charge on any atom is 0.330 e. The fraction of sp³-hybridized carbons (Fsp3) is 0.762. The molecule has 0 atom stereocenters. The first-order chi connectivity index (χ1) is 13.2. The molecule has 2 saturated carbocycles. The summed E-state index contributed by atoms with van der Waals surface area (Å²) >= 11 is 0. The molecule has 2 aliphatic rings. The number of nitrogens with zero attached hydrogens (tertiary/aromatic N) is 3. The van der Waals surface area contributed by atoms with Gasteiger partial charge in [0.15, 0.2) is 17.5 Å². The number of fused-ring (bicyclic) bond motifs is 1. The average Bonchev–Trinajstić information content (AvgIpc) is 3.12. The largest absolute Gasteiger partial charge is 0.330 e. The lowest BCUT2D eigenvalue weighted by atomic mass is 9.87. The summed E-state index contributed by atoms with van der Waals surface area (Å²) < 4.78 is 3.65. The monoisotopic (exact) mass is 371 g/mol. The van der Waals surface area contributed by atoms with E-state index < -0.39 is 5.56 Å². The van der Waals surface area contributed by atoms with E-state index in [1.165, 1.54) is 64.2 Å². The van der Waals surface area contributed by atoms with Crippen LogP contribution in [0.4, 0.5) is 0 Å². The van der Waals surface area contributed by atoms with E-state index in [4.69, 9.17) is 0 Å². The zero-order valence-corrected chi connectivity index (χ0v) is 16.2. The van der Waals surface area contributed by atoms with Gasteiger partial charge in [0.1, 0.15) is 0 Å². The molecule has 6 heteroatoms. The third kappa shape index (κ3) is 4.19. The summed E-state index contributed by atoms with van der Waals surface area (Å²) in [5, 5.41) is 0. The van der Waals surface area contributed by atoms with Crippen LogP contribution >= 0.6 is 0 Å². The van der Waals surface area contributed by atoms with Crippen LogP contribution in [0.2, 0.25) is 0 Å². The summed E-state index contributed by atoms with van der Waals surface area (Å²) in [6, 6.07) is 0. The van der Waals surface area contributed by atoms with Crippen molar-refractivity contribution in [2.75, 3.05) is 0 Å². The first kappa shape index (κ1) is 18.5. The van der Waals surface area contributed by atoms with Crippen LogP contribution < -0.4 is 11.2 Å². The Labute approximate surface area is 160 Å². The van der Waals surface area contributed by atoms with E-state index in [1.54, 1.807) is 4.57 Å². The summed E-state index contributed by atoms with van der Waals surface area (Å²) in [7, 11) is 0. The Kier molecular flexibility index (Phi) is 5.79. The number of imidazole rings is 1. The minimum absolute atomic E-state index is 0.309. The summed E-state index contributed by atoms with van der Waals surface area (Å²) in [5.41, 5.74) is 0.310. The van der Waals surface area contributed by atoms with Gasteiger partial charge < -0.3 is 4.57 Å². The number of aromatic nitrogens is 4. The summed E-state index contributed by atoms with van der Waals surface area (Å²) in [5.74, 6) is 1.43. The van der Waals surface area contributed by atoms with Crippen LogP contribution in [0, 0.1) is 18.2 Å². The average molecular weight is 372 g/mol. The predicted molar refractivity (Wildman–Crippen MR) is 106 cm³/mol. The Hall–Kier alpha value is -1.85. The van der Waals surface area contributed by atoms with E-state index in [1.807, 2.05) is 4.57 Å². The SMILES string of the molecule is O=c1[nH]c(=O)n(CCC2CCCCC2)c2c1n[c]n2CCC1CCCCC1. The molecule has 2 aliphatic carbocycles. The molecule has 2 heterocycles. The molecule has 0 bridgehead atoms. The summed E-state index contributed by atoms with van der Waals surface area (Å²) in [6.45, 7) is 1.44. The molecular formula is C21H31N4O2. The van der Waals surface area contributed by atoms with Crippen LogP contribution in [0.15, 0.2) is 9.59 Å². The molecule has 2 aromatic rings. The standard InChI is InChI=1S/C21H31N4O2/c26-19-18-20(24(15-22-18)13-11-16-7-3-1-4-8-16)25(21(27)23-19)14-12-17-9-5-2-6-10-17/h16-17H,1-14H2,(H,23,26,27). The molecule has 0 saturated heterocycles. The van der Waals surface area contributed by atoms with Gasteiger partial charge in [0.25, 0.3) is 5.56 Å². The lowest BCUT2D eigenvalue weighted by Gasteiger charge is -2.23. The van der Waals surface area contributed by atoms with Crippen LogP contribution in [0.5, 0.6) is 0 Å². The van der Waals surface area contributed by atoms with Crippen molar-refractivity contribution in [1.82, 2.24) is 19.1 Å². The van der Waals surface area contributed by atoms with E-state index in [0.717, 1.165) is 25.3 Å². The maximum absolute atomic E-state index is 12.5. The number of rotatable bonds is 6. The van der Waals surface area contributed by atoms with Crippen molar-refractivity contribution in [1.29, 1.82) is 0 Å². The molecule has 0 unspecified atom stereocenters. The van der Waals surface area contributed by atoms with Crippen LogP contribution in [0.1, 0.15) is 77.0 Å². The van der Waals surface area contributed by atoms with Gasteiger partial charge in [-0.05, 0) is 24.7 Å². The van der Waals surface area contributed by atoms with Crippen molar-refractivity contribution in [3.8, 4) is 0 Å². The van der Waals surface area contributed by atoms with Gasteiger partial charge in [0.2, 0.25) is 0 Å². The predicted octanol–water partition coefficient (Wildman–Crippen LogP) is 3.63. The van der Waals surface area contributed by atoms with Crippen molar-refractivity contribution in [3.63, 3.8) is 0 Å². The molecule has 6 nitrogen and oxygen atoms in total. The first-order valence-corrected chi connectivity index (χ1v) is 10.8. The molecule has 1 radical (unpaired) electrons. The molecule has 27 heavy (non-hydrogen) atoms. The lowest BCUT2D eigenvalue weighted by molar-refractivity contribution is 0.319. The molecule has 0 aromatic carbocycles. The number of aryl methyl sites for hydroxylation is 2. The van der Waals surface area contributed by atoms with Gasteiger partial charge in [-0.15, -0.1) is 0 Å². The highest BCUT2D eigenvalue weighted by molar-refractivity contribution is 5.69. The highest BCUT2D eigenvalue weighted by Crippen LogP contribution is 2.28. The second-order valence-electron chi connectivity index (χ2n) is 8.53. The quantitative estimate of drug-likeness (QED) is 0.843.